The molecule has 1 nitrogen and oxygen atoms in total. The van der Waals surface area contributed by atoms with Gasteiger partial charge >= 0.3 is 0 Å². The second kappa shape index (κ2) is 5.32. The summed E-state index contributed by atoms with van der Waals surface area (Å²) in [5.74, 6) is -0.462. The average molecular weight is 263 g/mol. The smallest absolute Gasteiger partial charge is 0.167 e. The Kier molecular flexibility index (Phi) is 3.78. The minimum atomic E-state index is -0.350. The summed E-state index contributed by atoms with van der Waals surface area (Å²) in [4.78, 5) is 12.0. The van der Waals surface area contributed by atoms with Crippen LogP contribution in [0.3, 0.4) is 0 Å². The van der Waals surface area contributed by atoms with Gasteiger partial charge in [0.05, 0.1) is 0 Å². The number of rotatable bonds is 3. The summed E-state index contributed by atoms with van der Waals surface area (Å²) in [6.45, 7) is 1.84. The van der Waals surface area contributed by atoms with Gasteiger partial charge in [0.25, 0.3) is 0 Å². The number of Topliss-reactive ketones (excluding diaryl/α,β-unsaturated/α-hetero) is 1. The van der Waals surface area contributed by atoms with Gasteiger partial charge in [-0.2, -0.15) is 0 Å². The lowest BCUT2D eigenvalue weighted by molar-refractivity contribution is 0.0991. The van der Waals surface area contributed by atoms with E-state index in [1.54, 1.807) is 36.4 Å². The van der Waals surface area contributed by atoms with Gasteiger partial charge in [-0.1, -0.05) is 29.8 Å². The number of hydrogen-bond acceptors (Lipinski definition) is 1. The van der Waals surface area contributed by atoms with E-state index in [-0.39, 0.29) is 18.0 Å². The zero-order valence-corrected chi connectivity index (χ0v) is 10.7. The molecule has 0 saturated carbocycles. The van der Waals surface area contributed by atoms with Crippen LogP contribution in [0.25, 0.3) is 0 Å². The molecule has 0 radical (unpaired) electrons. The summed E-state index contributed by atoms with van der Waals surface area (Å²) in [5, 5.41) is 0.623. The van der Waals surface area contributed by atoms with Crippen LogP contribution in [0.4, 0.5) is 4.39 Å². The SMILES string of the molecule is Cc1cc(C(=O)Cc2ccccc2F)ccc1Cl. The van der Waals surface area contributed by atoms with E-state index in [9.17, 15) is 9.18 Å². The average Bonchev–Trinajstić information content (AvgIpc) is 2.35. The summed E-state index contributed by atoms with van der Waals surface area (Å²) >= 11 is 5.90. The van der Waals surface area contributed by atoms with E-state index in [4.69, 9.17) is 11.6 Å². The van der Waals surface area contributed by atoms with Gasteiger partial charge in [0.2, 0.25) is 0 Å². The summed E-state index contributed by atoms with van der Waals surface area (Å²) in [7, 11) is 0. The second-order valence-electron chi connectivity index (χ2n) is 4.16. The highest BCUT2D eigenvalue weighted by Gasteiger charge is 2.10. The summed E-state index contributed by atoms with van der Waals surface area (Å²) < 4.78 is 13.4. The van der Waals surface area contributed by atoms with Crippen molar-refractivity contribution >= 4 is 17.4 Å². The molecule has 0 N–H and O–H groups in total. The van der Waals surface area contributed by atoms with Gasteiger partial charge in [0.15, 0.2) is 5.78 Å². The number of ketones is 1. The zero-order chi connectivity index (χ0) is 13.1. The molecule has 0 unspecified atom stereocenters. The Bertz CT molecular complexity index is 593. The highest BCUT2D eigenvalue weighted by atomic mass is 35.5. The Morgan fingerprint density at radius 3 is 2.61 bits per heavy atom. The molecule has 0 amide bonds. The molecule has 0 spiro atoms. The molecule has 0 saturated heterocycles. The number of carbonyl (C=O) groups is 1. The molecule has 0 fully saturated rings. The van der Waals surface area contributed by atoms with Crippen molar-refractivity contribution in [2.75, 3.05) is 0 Å². The van der Waals surface area contributed by atoms with E-state index < -0.39 is 0 Å². The molecule has 0 heterocycles. The molecule has 2 rings (SSSR count). The normalized spacial score (nSPS) is 10.4. The van der Waals surface area contributed by atoms with Gasteiger partial charge in [0.1, 0.15) is 5.82 Å². The van der Waals surface area contributed by atoms with Crippen molar-refractivity contribution in [3.8, 4) is 0 Å². The molecular formula is C15H12ClFO. The van der Waals surface area contributed by atoms with Crippen LogP contribution in [0.15, 0.2) is 42.5 Å². The van der Waals surface area contributed by atoms with Crippen LogP contribution in [0.5, 0.6) is 0 Å². The van der Waals surface area contributed by atoms with Crippen LogP contribution in [0, 0.1) is 12.7 Å². The molecule has 0 atom stereocenters. The standard InChI is InChI=1S/C15H12ClFO/c1-10-8-12(6-7-13(10)16)15(18)9-11-4-2-3-5-14(11)17/h2-8H,9H2,1H3. The zero-order valence-electron chi connectivity index (χ0n) is 9.91. The first-order chi connectivity index (χ1) is 8.58. The maximum Gasteiger partial charge on any atom is 0.167 e. The Hall–Kier alpha value is -1.67. The number of aryl methyl sites for hydroxylation is 1. The maximum atomic E-state index is 13.4. The lowest BCUT2D eigenvalue weighted by atomic mass is 10.0. The number of carbonyl (C=O) groups excluding carboxylic acids is 1. The van der Waals surface area contributed by atoms with Crippen LogP contribution in [0.2, 0.25) is 5.02 Å². The van der Waals surface area contributed by atoms with E-state index in [1.807, 2.05) is 6.92 Å². The van der Waals surface area contributed by atoms with E-state index >= 15 is 0 Å². The molecule has 18 heavy (non-hydrogen) atoms. The van der Waals surface area contributed by atoms with Crippen LogP contribution >= 0.6 is 11.6 Å². The summed E-state index contributed by atoms with van der Waals surface area (Å²) in [6.07, 6.45) is 0.0632. The third-order valence-corrected chi connectivity index (χ3v) is 3.21. The van der Waals surface area contributed by atoms with Gasteiger partial charge < -0.3 is 0 Å². The van der Waals surface area contributed by atoms with Crippen LogP contribution < -0.4 is 0 Å². The Balaban J connectivity index is 2.22. The molecule has 0 aliphatic heterocycles. The Labute approximate surface area is 110 Å². The third kappa shape index (κ3) is 2.77. The first-order valence-electron chi connectivity index (χ1n) is 5.60. The maximum absolute atomic E-state index is 13.4. The fraction of sp³-hybridized carbons (Fsp3) is 0.133. The molecule has 0 aliphatic rings. The summed E-state index contributed by atoms with van der Waals surface area (Å²) in [5.41, 5.74) is 1.81. The van der Waals surface area contributed by atoms with Gasteiger partial charge in [0, 0.05) is 17.0 Å². The Morgan fingerprint density at radius 2 is 1.94 bits per heavy atom. The van der Waals surface area contributed by atoms with Gasteiger partial charge in [-0.3, -0.25) is 4.79 Å². The fourth-order valence-electron chi connectivity index (χ4n) is 1.73. The fourth-order valence-corrected chi connectivity index (χ4v) is 1.85. The van der Waals surface area contributed by atoms with Crippen LogP contribution in [-0.2, 0) is 6.42 Å². The lowest BCUT2D eigenvalue weighted by Gasteiger charge is -2.05. The topological polar surface area (TPSA) is 17.1 Å². The lowest BCUT2D eigenvalue weighted by Crippen LogP contribution is -2.05. The third-order valence-electron chi connectivity index (χ3n) is 2.79. The molecular weight excluding hydrogens is 251 g/mol. The molecule has 0 aliphatic carbocycles. The van der Waals surface area contributed by atoms with Crippen molar-refractivity contribution in [2.45, 2.75) is 13.3 Å². The molecule has 2 aromatic carbocycles. The quantitative estimate of drug-likeness (QED) is 0.757. The Morgan fingerprint density at radius 1 is 1.22 bits per heavy atom. The van der Waals surface area contributed by atoms with Gasteiger partial charge in [-0.15, -0.1) is 0 Å². The molecule has 0 aromatic heterocycles. The molecule has 0 bridgehead atoms. The number of halogens is 2. The van der Waals surface area contributed by atoms with Gasteiger partial charge in [-0.05, 0) is 42.3 Å². The van der Waals surface area contributed by atoms with E-state index in [2.05, 4.69) is 0 Å². The van der Waals surface area contributed by atoms with Crippen molar-refractivity contribution in [3.63, 3.8) is 0 Å². The summed E-state index contributed by atoms with van der Waals surface area (Å²) in [6, 6.07) is 11.4. The highest BCUT2D eigenvalue weighted by Crippen LogP contribution is 2.18. The van der Waals surface area contributed by atoms with E-state index in [0.717, 1.165) is 5.56 Å². The van der Waals surface area contributed by atoms with E-state index in [0.29, 0.717) is 16.1 Å². The number of benzene rings is 2. The van der Waals surface area contributed by atoms with Crippen molar-refractivity contribution in [3.05, 3.63) is 70.0 Å². The van der Waals surface area contributed by atoms with Crippen LogP contribution in [-0.4, -0.2) is 5.78 Å². The molecule has 2 aromatic rings. The minimum Gasteiger partial charge on any atom is -0.294 e. The van der Waals surface area contributed by atoms with Crippen LogP contribution in [0.1, 0.15) is 21.5 Å². The number of hydrogen-bond donors (Lipinski definition) is 0. The van der Waals surface area contributed by atoms with Crippen molar-refractivity contribution in [1.82, 2.24) is 0 Å². The second-order valence-corrected chi connectivity index (χ2v) is 4.56. The monoisotopic (exact) mass is 262 g/mol. The van der Waals surface area contributed by atoms with Crippen molar-refractivity contribution < 1.29 is 9.18 Å². The molecule has 92 valence electrons. The largest absolute Gasteiger partial charge is 0.294 e. The molecule has 3 heteroatoms. The van der Waals surface area contributed by atoms with E-state index in [1.165, 1.54) is 6.07 Å². The van der Waals surface area contributed by atoms with Gasteiger partial charge in [-0.25, -0.2) is 4.39 Å². The first-order valence-corrected chi connectivity index (χ1v) is 5.98. The first kappa shape index (κ1) is 12.8. The van der Waals surface area contributed by atoms with Crippen molar-refractivity contribution in [2.24, 2.45) is 0 Å². The van der Waals surface area contributed by atoms with Crippen molar-refractivity contribution in [1.29, 1.82) is 0 Å². The highest BCUT2D eigenvalue weighted by molar-refractivity contribution is 6.31. The predicted octanol–water partition coefficient (Wildman–Crippen LogP) is 4.21. The predicted molar refractivity (Wildman–Crippen MR) is 70.6 cm³/mol. The minimum absolute atomic E-state index is 0.0632.